The van der Waals surface area contributed by atoms with Crippen molar-refractivity contribution >= 4 is 15.9 Å². The molecule has 1 aliphatic rings. The van der Waals surface area contributed by atoms with E-state index in [2.05, 4.69) is 11.9 Å². The Morgan fingerprint density at radius 2 is 2.45 bits per heavy atom. The molecule has 1 aliphatic heterocycles. The summed E-state index contributed by atoms with van der Waals surface area (Å²) in [7, 11) is -0.314. The summed E-state index contributed by atoms with van der Waals surface area (Å²) in [6.45, 7) is 2.98. The zero-order valence-corrected chi connectivity index (χ0v) is 8.34. The number of carbonyl (C=O) groups is 1. The van der Waals surface area contributed by atoms with Crippen molar-refractivity contribution in [1.29, 1.82) is 0 Å². The third kappa shape index (κ3) is 2.04. The lowest BCUT2D eigenvalue weighted by molar-refractivity contribution is -0.118. The molecule has 0 aromatic heterocycles. The van der Waals surface area contributed by atoms with Crippen LogP contribution in [0.3, 0.4) is 0 Å². The molecule has 1 saturated heterocycles. The number of ether oxygens (including phenoxy) is 1. The van der Waals surface area contributed by atoms with Crippen LogP contribution in [0.15, 0.2) is 0 Å². The zero-order valence-electron chi connectivity index (χ0n) is 6.93. The number of hydrogen-bond acceptors (Lipinski definition) is 2. The number of carbonyl (C=O) groups excluding carboxylic acids is 1. The molecule has 0 aromatic rings. The zero-order chi connectivity index (χ0) is 8.16. The minimum atomic E-state index is -0.314. The quantitative estimate of drug-likeness (QED) is 0.474. The Balaban J connectivity index is 2.49. The van der Waals surface area contributed by atoms with Crippen LogP contribution in [-0.4, -0.2) is 27.9 Å². The van der Waals surface area contributed by atoms with Gasteiger partial charge in [0.1, 0.15) is 5.35 Å². The summed E-state index contributed by atoms with van der Waals surface area (Å²) in [4.78, 5) is 10.3. The fourth-order valence-electron chi connectivity index (χ4n) is 1.45. The van der Waals surface area contributed by atoms with Crippen LogP contribution >= 0.6 is 0 Å². The van der Waals surface area contributed by atoms with Crippen LogP contribution in [-0.2, 0) is 9.53 Å². The molecule has 0 spiro atoms. The fourth-order valence-corrected chi connectivity index (χ4v) is 2.69. The average molecular weight is 173 g/mol. The number of rotatable bonds is 3. The minimum Gasteiger partial charge on any atom is -0.360 e. The van der Waals surface area contributed by atoms with E-state index in [1.165, 1.54) is 6.42 Å². The Morgan fingerprint density at radius 3 is 2.91 bits per heavy atom. The summed E-state index contributed by atoms with van der Waals surface area (Å²) < 4.78 is 5.57. The molecule has 1 rings (SSSR count). The molecule has 3 nitrogen and oxygen atoms in total. The molecular weight excluding hydrogens is 158 g/mol. The molecule has 0 aliphatic carbocycles. The van der Waals surface area contributed by atoms with Crippen molar-refractivity contribution in [1.82, 2.24) is 5.32 Å². The SMILES string of the molecule is C[SiH2]C1(NC=O)CCCCO1. The van der Waals surface area contributed by atoms with Crippen molar-refractivity contribution in [2.24, 2.45) is 0 Å². The highest BCUT2D eigenvalue weighted by atomic mass is 28.2. The third-order valence-electron chi connectivity index (χ3n) is 2.25. The topological polar surface area (TPSA) is 38.3 Å². The summed E-state index contributed by atoms with van der Waals surface area (Å²) in [6.07, 6.45) is 4.09. The maximum Gasteiger partial charge on any atom is 0.209 e. The van der Waals surface area contributed by atoms with E-state index in [1.807, 2.05) is 0 Å². The van der Waals surface area contributed by atoms with Crippen molar-refractivity contribution < 1.29 is 9.53 Å². The van der Waals surface area contributed by atoms with Gasteiger partial charge in [-0.3, -0.25) is 4.79 Å². The standard InChI is InChI=1S/C7H15NO2Si/c1-11-7(8-6-9)4-2-3-5-10-7/h6H,2-5,11H2,1H3,(H,8,9). The van der Waals surface area contributed by atoms with Crippen LogP contribution in [0.4, 0.5) is 0 Å². The Bertz CT molecular complexity index is 134. The number of nitrogens with one attached hydrogen (secondary N) is 1. The van der Waals surface area contributed by atoms with Gasteiger partial charge in [0.05, 0.1) is 9.52 Å². The van der Waals surface area contributed by atoms with Crippen LogP contribution in [0.1, 0.15) is 19.3 Å². The van der Waals surface area contributed by atoms with E-state index >= 15 is 0 Å². The molecule has 0 radical (unpaired) electrons. The van der Waals surface area contributed by atoms with Crippen molar-refractivity contribution in [2.75, 3.05) is 6.61 Å². The van der Waals surface area contributed by atoms with Crippen LogP contribution in [0.25, 0.3) is 0 Å². The van der Waals surface area contributed by atoms with E-state index in [0.29, 0.717) is 0 Å². The molecule has 1 unspecified atom stereocenters. The van der Waals surface area contributed by atoms with E-state index in [4.69, 9.17) is 4.74 Å². The van der Waals surface area contributed by atoms with Crippen LogP contribution in [0.5, 0.6) is 0 Å². The van der Waals surface area contributed by atoms with E-state index in [-0.39, 0.29) is 14.9 Å². The molecule has 1 N–H and O–H groups in total. The van der Waals surface area contributed by atoms with Crippen LogP contribution in [0.2, 0.25) is 6.55 Å². The van der Waals surface area contributed by atoms with Crippen molar-refractivity contribution in [2.45, 2.75) is 31.2 Å². The predicted octanol–water partition coefficient (Wildman–Crippen LogP) is -0.196. The maximum absolute atomic E-state index is 10.3. The van der Waals surface area contributed by atoms with Crippen molar-refractivity contribution in [3.05, 3.63) is 0 Å². The molecule has 1 heterocycles. The molecule has 0 aromatic carbocycles. The van der Waals surface area contributed by atoms with E-state index in [1.54, 1.807) is 0 Å². The first-order valence-electron chi connectivity index (χ1n) is 4.18. The molecular formula is C7H15NO2Si. The summed E-state index contributed by atoms with van der Waals surface area (Å²) in [5.74, 6) is 0. The number of amides is 1. The van der Waals surface area contributed by atoms with Crippen LogP contribution in [0, 0.1) is 0 Å². The van der Waals surface area contributed by atoms with Gasteiger partial charge in [-0.15, -0.1) is 0 Å². The Labute approximate surface area is 69.3 Å². The van der Waals surface area contributed by atoms with Crippen molar-refractivity contribution in [3.8, 4) is 0 Å². The van der Waals surface area contributed by atoms with E-state index < -0.39 is 0 Å². The molecule has 1 fully saturated rings. The molecule has 11 heavy (non-hydrogen) atoms. The summed E-state index contributed by atoms with van der Waals surface area (Å²) in [5, 5.41) is 2.60. The third-order valence-corrected chi connectivity index (χ3v) is 4.15. The molecule has 1 amide bonds. The number of hydrogen-bond donors (Lipinski definition) is 1. The van der Waals surface area contributed by atoms with Gasteiger partial charge in [-0.25, -0.2) is 0 Å². The van der Waals surface area contributed by atoms with Gasteiger partial charge in [0.2, 0.25) is 6.41 Å². The van der Waals surface area contributed by atoms with Gasteiger partial charge < -0.3 is 10.1 Å². The monoisotopic (exact) mass is 173 g/mol. The molecule has 1 atom stereocenters. The molecule has 0 bridgehead atoms. The highest BCUT2D eigenvalue weighted by Gasteiger charge is 2.30. The lowest BCUT2D eigenvalue weighted by Crippen LogP contribution is -2.53. The minimum absolute atomic E-state index is 0.208. The predicted molar refractivity (Wildman–Crippen MR) is 46.1 cm³/mol. The van der Waals surface area contributed by atoms with E-state index in [0.717, 1.165) is 25.9 Å². The van der Waals surface area contributed by atoms with Gasteiger partial charge in [0, 0.05) is 6.61 Å². The maximum atomic E-state index is 10.3. The van der Waals surface area contributed by atoms with Crippen molar-refractivity contribution in [3.63, 3.8) is 0 Å². The Hall–Kier alpha value is -0.353. The fraction of sp³-hybridized carbons (Fsp3) is 0.857. The van der Waals surface area contributed by atoms with E-state index in [9.17, 15) is 4.79 Å². The van der Waals surface area contributed by atoms with Gasteiger partial charge in [-0.05, 0) is 19.3 Å². The Kier molecular flexibility index (Phi) is 3.08. The van der Waals surface area contributed by atoms with Gasteiger partial charge >= 0.3 is 0 Å². The summed E-state index contributed by atoms with van der Waals surface area (Å²) in [5.41, 5.74) is 0. The highest BCUT2D eigenvalue weighted by Crippen LogP contribution is 2.20. The lowest BCUT2D eigenvalue weighted by Gasteiger charge is -2.35. The normalized spacial score (nSPS) is 32.5. The van der Waals surface area contributed by atoms with Gasteiger partial charge in [-0.2, -0.15) is 0 Å². The largest absolute Gasteiger partial charge is 0.360 e. The van der Waals surface area contributed by atoms with Gasteiger partial charge in [0.15, 0.2) is 0 Å². The molecule has 0 saturated carbocycles. The lowest BCUT2D eigenvalue weighted by atomic mass is 10.2. The second kappa shape index (κ2) is 3.87. The van der Waals surface area contributed by atoms with Crippen LogP contribution < -0.4 is 5.32 Å². The summed E-state index contributed by atoms with van der Waals surface area (Å²) >= 11 is 0. The Morgan fingerprint density at radius 1 is 1.64 bits per heavy atom. The molecule has 4 heteroatoms. The first kappa shape index (κ1) is 8.74. The summed E-state index contributed by atoms with van der Waals surface area (Å²) in [6, 6.07) is 0. The highest BCUT2D eigenvalue weighted by molar-refractivity contribution is 6.38. The smallest absolute Gasteiger partial charge is 0.209 e. The molecule has 64 valence electrons. The first-order valence-corrected chi connectivity index (χ1v) is 6.30. The van der Waals surface area contributed by atoms with Gasteiger partial charge in [-0.1, -0.05) is 6.55 Å². The first-order chi connectivity index (χ1) is 5.33. The average Bonchev–Trinajstić information content (AvgIpc) is 2.07. The second-order valence-corrected chi connectivity index (χ2v) is 4.76. The second-order valence-electron chi connectivity index (χ2n) is 2.92. The van der Waals surface area contributed by atoms with Gasteiger partial charge in [0.25, 0.3) is 0 Å².